The highest BCUT2D eigenvalue weighted by atomic mass is 32.2. The van der Waals surface area contributed by atoms with Crippen LogP contribution in [0.2, 0.25) is 0 Å². The molecule has 1 atom stereocenters. The normalized spacial score (nSPS) is 12.2. The van der Waals surface area contributed by atoms with Crippen LogP contribution in [0.3, 0.4) is 0 Å². The maximum absolute atomic E-state index is 12.7. The third kappa shape index (κ3) is 3.58. The molecular formula is C21H17N3O2S2. The van der Waals surface area contributed by atoms with Crippen LogP contribution in [0.5, 0.6) is 0 Å². The number of benzene rings is 2. The fourth-order valence-corrected chi connectivity index (χ4v) is 4.65. The minimum Gasteiger partial charge on any atom is -0.369 e. The van der Waals surface area contributed by atoms with Crippen molar-refractivity contribution in [1.82, 2.24) is 9.97 Å². The summed E-state index contributed by atoms with van der Waals surface area (Å²) < 4.78 is 0. The van der Waals surface area contributed by atoms with Crippen LogP contribution in [0, 0.1) is 0 Å². The van der Waals surface area contributed by atoms with Crippen LogP contribution in [-0.4, -0.2) is 21.1 Å². The van der Waals surface area contributed by atoms with E-state index in [0.29, 0.717) is 15.4 Å². The minimum atomic E-state index is -0.467. The predicted molar refractivity (Wildman–Crippen MR) is 116 cm³/mol. The van der Waals surface area contributed by atoms with E-state index in [1.165, 1.54) is 11.3 Å². The Labute approximate surface area is 169 Å². The summed E-state index contributed by atoms with van der Waals surface area (Å²) in [5.74, 6) is -0.446. The second-order valence-electron chi connectivity index (χ2n) is 6.31. The van der Waals surface area contributed by atoms with Crippen LogP contribution in [-0.2, 0) is 4.79 Å². The molecule has 3 N–H and O–H groups in total. The van der Waals surface area contributed by atoms with E-state index in [1.807, 2.05) is 35.7 Å². The third-order valence-electron chi connectivity index (χ3n) is 4.41. The first-order valence-corrected chi connectivity index (χ1v) is 10.4. The average molecular weight is 408 g/mol. The van der Waals surface area contributed by atoms with Crippen molar-refractivity contribution in [2.24, 2.45) is 5.73 Å². The number of nitrogens with two attached hydrogens (primary N) is 1. The molecule has 28 heavy (non-hydrogen) atoms. The molecule has 140 valence electrons. The number of nitrogens with zero attached hydrogens (tertiary/aromatic N) is 1. The molecule has 0 bridgehead atoms. The van der Waals surface area contributed by atoms with E-state index < -0.39 is 11.2 Å². The lowest BCUT2D eigenvalue weighted by Crippen LogP contribution is -2.23. The van der Waals surface area contributed by atoms with Gasteiger partial charge in [0, 0.05) is 10.9 Å². The van der Waals surface area contributed by atoms with Crippen molar-refractivity contribution in [2.75, 3.05) is 0 Å². The Bertz CT molecular complexity index is 1200. The molecule has 0 aliphatic carbocycles. The lowest BCUT2D eigenvalue weighted by molar-refractivity contribution is -0.117. The number of carbonyl (C=O) groups is 1. The van der Waals surface area contributed by atoms with E-state index >= 15 is 0 Å². The van der Waals surface area contributed by atoms with Crippen LogP contribution < -0.4 is 11.3 Å². The molecule has 0 aliphatic heterocycles. The fourth-order valence-electron chi connectivity index (χ4n) is 2.90. The van der Waals surface area contributed by atoms with Crippen LogP contribution in [0.25, 0.3) is 32.5 Å². The number of nitrogens with one attached hydrogen (secondary N) is 1. The van der Waals surface area contributed by atoms with E-state index in [1.54, 1.807) is 6.92 Å². The number of thiophene rings is 1. The Kier molecular flexibility index (Phi) is 5.02. The van der Waals surface area contributed by atoms with Crippen molar-refractivity contribution >= 4 is 39.2 Å². The summed E-state index contributed by atoms with van der Waals surface area (Å²) in [7, 11) is 0. The largest absolute Gasteiger partial charge is 0.369 e. The molecule has 4 aromatic rings. The molecule has 0 spiro atoms. The topological polar surface area (TPSA) is 88.8 Å². The smallest absolute Gasteiger partial charge is 0.260 e. The Morgan fingerprint density at radius 3 is 2.39 bits per heavy atom. The Hall–Kier alpha value is -2.90. The van der Waals surface area contributed by atoms with Crippen molar-refractivity contribution < 1.29 is 4.79 Å². The molecule has 7 heteroatoms. The van der Waals surface area contributed by atoms with Crippen molar-refractivity contribution in [3.8, 4) is 22.3 Å². The lowest BCUT2D eigenvalue weighted by Gasteiger charge is -2.06. The zero-order valence-electron chi connectivity index (χ0n) is 15.0. The first-order valence-electron chi connectivity index (χ1n) is 8.66. The molecule has 2 heterocycles. The summed E-state index contributed by atoms with van der Waals surface area (Å²) in [5.41, 5.74) is 9.16. The van der Waals surface area contributed by atoms with E-state index in [-0.39, 0.29) is 5.56 Å². The van der Waals surface area contributed by atoms with Crippen LogP contribution in [0.1, 0.15) is 6.92 Å². The molecule has 0 aliphatic rings. The summed E-state index contributed by atoms with van der Waals surface area (Å²) in [6, 6.07) is 18.3. The number of H-pyrrole nitrogens is 1. The minimum absolute atomic E-state index is 0.215. The van der Waals surface area contributed by atoms with Gasteiger partial charge in [-0.2, -0.15) is 0 Å². The second-order valence-corrected chi connectivity index (χ2v) is 8.49. The van der Waals surface area contributed by atoms with Crippen molar-refractivity contribution in [3.63, 3.8) is 0 Å². The Morgan fingerprint density at radius 2 is 1.71 bits per heavy atom. The van der Waals surface area contributed by atoms with Crippen molar-refractivity contribution in [2.45, 2.75) is 17.3 Å². The highest BCUT2D eigenvalue weighted by molar-refractivity contribution is 8.00. The summed E-state index contributed by atoms with van der Waals surface area (Å²) in [6.45, 7) is 1.69. The van der Waals surface area contributed by atoms with Gasteiger partial charge in [-0.15, -0.1) is 11.3 Å². The SMILES string of the molecule is CC(Sc1nc2scc(-c3ccc(-c4ccccc4)cc3)c2c(=O)[nH]1)C(N)=O. The second kappa shape index (κ2) is 7.61. The number of thioether (sulfide) groups is 1. The van der Waals surface area contributed by atoms with Gasteiger partial charge in [0.25, 0.3) is 5.56 Å². The summed E-state index contributed by atoms with van der Waals surface area (Å²) in [6.07, 6.45) is 0. The highest BCUT2D eigenvalue weighted by Crippen LogP contribution is 2.33. The van der Waals surface area contributed by atoms with E-state index in [0.717, 1.165) is 34.0 Å². The molecule has 0 saturated carbocycles. The lowest BCUT2D eigenvalue weighted by atomic mass is 10.0. The molecular weight excluding hydrogens is 390 g/mol. The zero-order valence-corrected chi connectivity index (χ0v) is 16.6. The molecule has 1 unspecified atom stereocenters. The maximum atomic E-state index is 12.7. The summed E-state index contributed by atoms with van der Waals surface area (Å²) in [4.78, 5) is 31.8. The predicted octanol–water partition coefficient (Wildman–Crippen LogP) is 4.28. The van der Waals surface area contributed by atoms with Gasteiger partial charge in [0.2, 0.25) is 5.91 Å². The number of aromatic nitrogens is 2. The molecule has 4 rings (SSSR count). The molecule has 0 radical (unpaired) electrons. The van der Waals surface area contributed by atoms with Gasteiger partial charge in [-0.05, 0) is 23.6 Å². The number of hydrogen-bond acceptors (Lipinski definition) is 5. The van der Waals surface area contributed by atoms with Gasteiger partial charge >= 0.3 is 0 Å². The van der Waals surface area contributed by atoms with Crippen LogP contribution >= 0.6 is 23.1 Å². The number of fused-ring (bicyclic) bond motifs is 1. The standard InChI is InChI=1S/C21H17N3O2S2/c1-12(18(22)25)28-21-23-19(26)17-16(11-27-20(17)24-21)15-9-7-14(8-10-15)13-5-3-2-4-6-13/h2-12H,1H3,(H2,22,25)(H,23,24,26). The number of carbonyl (C=O) groups excluding carboxylic acids is 1. The van der Waals surface area contributed by atoms with Gasteiger partial charge in [-0.25, -0.2) is 4.98 Å². The van der Waals surface area contributed by atoms with Gasteiger partial charge in [0.15, 0.2) is 5.16 Å². The van der Waals surface area contributed by atoms with Gasteiger partial charge in [-0.3, -0.25) is 9.59 Å². The van der Waals surface area contributed by atoms with Crippen molar-refractivity contribution in [1.29, 1.82) is 0 Å². The van der Waals surface area contributed by atoms with Crippen LogP contribution in [0.4, 0.5) is 0 Å². The molecule has 5 nitrogen and oxygen atoms in total. The Balaban J connectivity index is 1.70. The maximum Gasteiger partial charge on any atom is 0.260 e. The van der Waals surface area contributed by atoms with Gasteiger partial charge in [0.05, 0.1) is 10.6 Å². The number of rotatable bonds is 5. The van der Waals surface area contributed by atoms with Crippen LogP contribution in [0.15, 0.2) is 69.9 Å². The molecule has 2 aromatic carbocycles. The van der Waals surface area contributed by atoms with E-state index in [4.69, 9.17) is 5.73 Å². The summed E-state index contributed by atoms with van der Waals surface area (Å²) in [5, 5.41) is 2.44. The first-order chi connectivity index (χ1) is 13.5. The number of amides is 1. The Morgan fingerprint density at radius 1 is 1.07 bits per heavy atom. The highest BCUT2D eigenvalue weighted by Gasteiger charge is 2.16. The zero-order chi connectivity index (χ0) is 19.7. The fraction of sp³-hybridized carbons (Fsp3) is 0.0952. The number of aromatic amines is 1. The number of primary amides is 1. The average Bonchev–Trinajstić information content (AvgIpc) is 3.13. The van der Waals surface area contributed by atoms with Gasteiger partial charge in [0.1, 0.15) is 4.83 Å². The molecule has 1 amide bonds. The monoisotopic (exact) mass is 407 g/mol. The molecule has 0 saturated heterocycles. The van der Waals surface area contributed by atoms with Gasteiger partial charge in [-0.1, -0.05) is 66.4 Å². The molecule has 0 fully saturated rings. The van der Waals surface area contributed by atoms with E-state index in [9.17, 15) is 9.59 Å². The van der Waals surface area contributed by atoms with E-state index in [2.05, 4.69) is 34.2 Å². The first kappa shape index (κ1) is 18.5. The third-order valence-corrected chi connectivity index (χ3v) is 6.29. The van der Waals surface area contributed by atoms with Crippen molar-refractivity contribution in [3.05, 3.63) is 70.3 Å². The summed E-state index contributed by atoms with van der Waals surface area (Å²) >= 11 is 2.56. The van der Waals surface area contributed by atoms with Gasteiger partial charge < -0.3 is 10.7 Å². The quantitative estimate of drug-likeness (QED) is 0.382. The number of hydrogen-bond donors (Lipinski definition) is 2. The molecule has 2 aromatic heterocycles.